The molecule has 0 radical (unpaired) electrons. The number of fused-ring (bicyclic) bond motifs is 1. The maximum Gasteiger partial charge on any atom is 0.230 e. The highest BCUT2D eigenvalue weighted by molar-refractivity contribution is 14.1. The largest absolute Gasteiger partial charge is 0.477 e. The van der Waals surface area contributed by atoms with E-state index in [1.807, 2.05) is 6.92 Å². The molecule has 3 atom stereocenters. The lowest BCUT2D eigenvalue weighted by molar-refractivity contribution is -0.0471. The summed E-state index contributed by atoms with van der Waals surface area (Å²) < 4.78 is 13.5. The third-order valence-corrected chi connectivity index (χ3v) is 4.35. The summed E-state index contributed by atoms with van der Waals surface area (Å²) in [6.45, 7) is 2.26. The molecule has 2 aromatic rings. The first-order valence-corrected chi connectivity index (χ1v) is 8.41. The molecule has 1 fully saturated rings. The predicted molar refractivity (Wildman–Crippen MR) is 89.9 cm³/mol. The van der Waals surface area contributed by atoms with Gasteiger partial charge in [0.05, 0.1) is 19.3 Å². The van der Waals surface area contributed by atoms with Gasteiger partial charge in [-0.1, -0.05) is 6.92 Å². The monoisotopic (exact) mass is 435 g/mol. The Morgan fingerprint density at radius 1 is 1.48 bits per heavy atom. The molecule has 0 aliphatic carbocycles. The van der Waals surface area contributed by atoms with Gasteiger partial charge in [-0.25, -0.2) is 4.68 Å². The van der Waals surface area contributed by atoms with E-state index in [1.165, 1.54) is 0 Å². The molecule has 126 valence electrons. The first kappa shape index (κ1) is 16.6. The molecule has 2 aromatic heterocycles. The summed E-state index contributed by atoms with van der Waals surface area (Å²) >= 11 is 2.07. The van der Waals surface area contributed by atoms with Gasteiger partial charge in [-0.3, -0.25) is 0 Å². The fourth-order valence-corrected chi connectivity index (χ4v) is 3.22. The van der Waals surface area contributed by atoms with Crippen LogP contribution in [0.25, 0.3) is 11.0 Å². The van der Waals surface area contributed by atoms with Crippen LogP contribution in [-0.4, -0.2) is 55.4 Å². The number of halogens is 1. The van der Waals surface area contributed by atoms with Crippen molar-refractivity contribution in [3.8, 4) is 5.88 Å². The van der Waals surface area contributed by atoms with E-state index in [2.05, 4.69) is 37.7 Å². The van der Waals surface area contributed by atoms with Crippen LogP contribution in [-0.2, 0) is 4.74 Å². The highest BCUT2D eigenvalue weighted by Crippen LogP contribution is 2.34. The van der Waals surface area contributed by atoms with E-state index in [4.69, 9.17) is 15.2 Å². The first-order valence-electron chi connectivity index (χ1n) is 7.33. The van der Waals surface area contributed by atoms with Gasteiger partial charge in [-0.05, 0) is 29.0 Å². The number of anilines is 1. The number of rotatable bonds is 5. The molecule has 1 aliphatic rings. The zero-order chi connectivity index (χ0) is 16.6. The number of hydrogen-bond acceptors (Lipinski definition) is 8. The van der Waals surface area contributed by atoms with Gasteiger partial charge in [0.1, 0.15) is 15.2 Å². The van der Waals surface area contributed by atoms with Crippen molar-refractivity contribution in [3.63, 3.8) is 0 Å². The molecular weight excluding hydrogens is 417 g/mol. The van der Waals surface area contributed by atoms with Crippen LogP contribution in [0.2, 0.25) is 0 Å². The molecule has 4 N–H and O–H groups in total. The molecule has 0 spiro atoms. The fourth-order valence-electron chi connectivity index (χ4n) is 2.52. The minimum Gasteiger partial charge on any atom is -0.477 e. The topological polar surface area (TPSA) is 129 Å². The van der Waals surface area contributed by atoms with Crippen LogP contribution in [0.3, 0.4) is 0 Å². The SMILES string of the molecule is CCCOc1nc(N)nc2c1c(I)nn2[C@H]1C[C@H](O)[C@@H](CO)O1. The molecular formula is C13H18IN5O4. The standard InChI is InChI=1S/C13H18IN5O4/c1-2-3-22-12-9-10(14)18-19(11(9)16-13(15)17-12)8-4-6(21)7(5-20)23-8/h6-8,20-21H,2-5H2,1H3,(H2,15,16,17)/t6-,7+,8+/m0/s1. The van der Waals surface area contributed by atoms with Crippen LogP contribution < -0.4 is 10.5 Å². The summed E-state index contributed by atoms with van der Waals surface area (Å²) in [5, 5.41) is 24.2. The lowest BCUT2D eigenvalue weighted by Crippen LogP contribution is -2.24. The Bertz CT molecular complexity index is 709. The minimum atomic E-state index is -0.753. The number of aromatic nitrogens is 4. The number of nitrogens with zero attached hydrogens (tertiary/aromatic N) is 4. The van der Waals surface area contributed by atoms with Crippen molar-refractivity contribution < 1.29 is 19.7 Å². The Morgan fingerprint density at radius 2 is 2.26 bits per heavy atom. The summed E-state index contributed by atoms with van der Waals surface area (Å²) in [6, 6.07) is 0. The normalized spacial score (nSPS) is 24.4. The van der Waals surface area contributed by atoms with Crippen LogP contribution in [0.1, 0.15) is 26.0 Å². The maximum absolute atomic E-state index is 9.91. The van der Waals surface area contributed by atoms with E-state index >= 15 is 0 Å². The average Bonchev–Trinajstić information content (AvgIpc) is 3.05. The van der Waals surface area contributed by atoms with Crippen LogP contribution in [0.4, 0.5) is 5.95 Å². The fraction of sp³-hybridized carbons (Fsp3) is 0.615. The Kier molecular flexibility index (Phi) is 4.85. The molecule has 0 bridgehead atoms. The molecule has 1 saturated heterocycles. The van der Waals surface area contributed by atoms with Crippen molar-refractivity contribution in [1.82, 2.24) is 19.7 Å². The molecule has 0 aromatic carbocycles. The summed E-state index contributed by atoms with van der Waals surface area (Å²) in [5.74, 6) is 0.473. The second-order valence-corrected chi connectivity index (χ2v) is 6.31. The molecule has 9 nitrogen and oxygen atoms in total. The number of aliphatic hydroxyl groups excluding tert-OH is 2. The summed E-state index contributed by atoms with van der Waals surface area (Å²) in [5.41, 5.74) is 6.27. The molecule has 0 unspecified atom stereocenters. The molecule has 0 amide bonds. The number of nitrogen functional groups attached to an aromatic ring is 1. The molecule has 23 heavy (non-hydrogen) atoms. The van der Waals surface area contributed by atoms with Crippen LogP contribution in [0.15, 0.2) is 0 Å². The van der Waals surface area contributed by atoms with Crippen molar-refractivity contribution >= 4 is 39.6 Å². The lowest BCUT2D eigenvalue weighted by Gasteiger charge is -2.13. The maximum atomic E-state index is 9.91. The molecule has 3 heterocycles. The number of ether oxygens (including phenoxy) is 2. The third-order valence-electron chi connectivity index (χ3n) is 3.59. The van der Waals surface area contributed by atoms with Gasteiger partial charge >= 0.3 is 0 Å². The highest BCUT2D eigenvalue weighted by atomic mass is 127. The molecule has 3 rings (SSSR count). The second-order valence-electron chi connectivity index (χ2n) is 5.28. The van der Waals surface area contributed by atoms with Gasteiger partial charge in [0.25, 0.3) is 0 Å². The Hall–Kier alpha value is -1.24. The van der Waals surface area contributed by atoms with Crippen molar-refractivity contribution in [3.05, 3.63) is 3.70 Å². The van der Waals surface area contributed by atoms with Crippen molar-refractivity contribution in [2.45, 2.75) is 38.2 Å². The Morgan fingerprint density at radius 3 is 2.91 bits per heavy atom. The van der Waals surface area contributed by atoms with Crippen LogP contribution in [0, 0.1) is 3.70 Å². The summed E-state index contributed by atoms with van der Waals surface area (Å²) in [6.07, 6.45) is -0.760. The highest BCUT2D eigenvalue weighted by Gasteiger charge is 2.36. The first-order chi connectivity index (χ1) is 11.0. The van der Waals surface area contributed by atoms with Gasteiger partial charge in [0.2, 0.25) is 11.8 Å². The summed E-state index contributed by atoms with van der Waals surface area (Å²) in [4.78, 5) is 8.39. The van der Waals surface area contributed by atoms with E-state index in [9.17, 15) is 10.2 Å². The van der Waals surface area contributed by atoms with E-state index in [0.717, 1.165) is 6.42 Å². The predicted octanol–water partition coefficient (Wildman–Crippen LogP) is 0.443. The smallest absolute Gasteiger partial charge is 0.230 e. The number of aliphatic hydroxyl groups is 2. The minimum absolute atomic E-state index is 0.0819. The summed E-state index contributed by atoms with van der Waals surface area (Å²) in [7, 11) is 0. The van der Waals surface area contributed by atoms with Crippen LogP contribution in [0.5, 0.6) is 5.88 Å². The van der Waals surface area contributed by atoms with E-state index in [1.54, 1.807) is 4.68 Å². The van der Waals surface area contributed by atoms with Gasteiger partial charge in [-0.15, -0.1) is 0 Å². The van der Waals surface area contributed by atoms with Gasteiger partial charge in [0.15, 0.2) is 11.9 Å². The van der Waals surface area contributed by atoms with Crippen LogP contribution >= 0.6 is 22.6 Å². The van der Waals surface area contributed by atoms with E-state index in [-0.39, 0.29) is 12.6 Å². The third kappa shape index (κ3) is 3.07. The van der Waals surface area contributed by atoms with Gasteiger partial charge in [0, 0.05) is 6.42 Å². The number of nitrogens with two attached hydrogens (primary N) is 1. The van der Waals surface area contributed by atoms with Crippen molar-refractivity contribution in [1.29, 1.82) is 0 Å². The van der Waals surface area contributed by atoms with E-state index < -0.39 is 18.4 Å². The number of hydrogen-bond donors (Lipinski definition) is 3. The molecule has 10 heteroatoms. The Labute approximate surface area is 145 Å². The van der Waals surface area contributed by atoms with Gasteiger partial charge < -0.3 is 25.4 Å². The lowest BCUT2D eigenvalue weighted by atomic mass is 10.2. The Balaban J connectivity index is 2.04. The van der Waals surface area contributed by atoms with Crippen molar-refractivity contribution in [2.24, 2.45) is 0 Å². The molecule has 0 saturated carbocycles. The zero-order valence-electron chi connectivity index (χ0n) is 12.5. The quantitative estimate of drug-likeness (QED) is 0.578. The zero-order valence-corrected chi connectivity index (χ0v) is 14.7. The average molecular weight is 435 g/mol. The van der Waals surface area contributed by atoms with E-state index in [0.29, 0.717) is 33.6 Å². The molecule has 1 aliphatic heterocycles. The van der Waals surface area contributed by atoms with Gasteiger partial charge in [-0.2, -0.15) is 15.1 Å². The second kappa shape index (κ2) is 6.71. The van der Waals surface area contributed by atoms with Crippen molar-refractivity contribution in [2.75, 3.05) is 18.9 Å².